The topological polar surface area (TPSA) is 42.9 Å². The van der Waals surface area contributed by atoms with E-state index in [4.69, 9.17) is 0 Å². The van der Waals surface area contributed by atoms with E-state index in [2.05, 4.69) is 9.97 Å². The Morgan fingerprint density at radius 1 is 1.12 bits per heavy atom. The van der Waals surface area contributed by atoms with Crippen molar-refractivity contribution in [3.8, 4) is 0 Å². The summed E-state index contributed by atoms with van der Waals surface area (Å²) in [4.78, 5) is 20.2. The number of carbonyl (C=O) groups is 1. The molecule has 0 aliphatic heterocycles. The molecule has 3 nitrogen and oxygen atoms in total. The third-order valence-corrected chi connectivity index (χ3v) is 2.30. The standard InChI is InChI=1S/C13H12N2O/c1-9-5-12(8-14-7-9)13(16)11-3-4-15-10(2)6-11/h3-8H,1-2H3. The van der Waals surface area contributed by atoms with Gasteiger partial charge in [0.05, 0.1) is 0 Å². The van der Waals surface area contributed by atoms with E-state index in [-0.39, 0.29) is 5.78 Å². The van der Waals surface area contributed by atoms with Crippen molar-refractivity contribution in [2.24, 2.45) is 0 Å². The van der Waals surface area contributed by atoms with E-state index in [0.29, 0.717) is 11.1 Å². The molecule has 0 aromatic carbocycles. The molecule has 80 valence electrons. The second-order valence-corrected chi connectivity index (χ2v) is 3.77. The Kier molecular flexibility index (Phi) is 2.77. The number of pyridine rings is 2. The zero-order valence-corrected chi connectivity index (χ0v) is 9.27. The maximum Gasteiger partial charge on any atom is 0.194 e. The first-order valence-electron chi connectivity index (χ1n) is 5.06. The van der Waals surface area contributed by atoms with Crippen LogP contribution >= 0.6 is 0 Å². The van der Waals surface area contributed by atoms with Gasteiger partial charge >= 0.3 is 0 Å². The fourth-order valence-electron chi connectivity index (χ4n) is 1.53. The molecule has 2 heterocycles. The molecule has 0 fully saturated rings. The lowest BCUT2D eigenvalue weighted by molar-refractivity contribution is 0.103. The van der Waals surface area contributed by atoms with Gasteiger partial charge in [-0.3, -0.25) is 14.8 Å². The van der Waals surface area contributed by atoms with E-state index in [1.807, 2.05) is 19.9 Å². The minimum absolute atomic E-state index is 0.0123. The van der Waals surface area contributed by atoms with Crippen molar-refractivity contribution in [1.29, 1.82) is 0 Å². The van der Waals surface area contributed by atoms with Gasteiger partial charge in [-0.15, -0.1) is 0 Å². The van der Waals surface area contributed by atoms with E-state index < -0.39 is 0 Å². The zero-order valence-electron chi connectivity index (χ0n) is 9.27. The zero-order chi connectivity index (χ0) is 11.5. The highest BCUT2D eigenvalue weighted by atomic mass is 16.1. The number of ketones is 1. The Morgan fingerprint density at radius 3 is 2.62 bits per heavy atom. The summed E-state index contributed by atoms with van der Waals surface area (Å²) in [7, 11) is 0. The minimum Gasteiger partial charge on any atom is -0.289 e. The monoisotopic (exact) mass is 212 g/mol. The van der Waals surface area contributed by atoms with Gasteiger partial charge in [-0.1, -0.05) is 0 Å². The molecule has 16 heavy (non-hydrogen) atoms. The van der Waals surface area contributed by atoms with Crippen LogP contribution in [0.3, 0.4) is 0 Å². The number of carbonyl (C=O) groups excluding carboxylic acids is 1. The van der Waals surface area contributed by atoms with Crippen LogP contribution in [0, 0.1) is 13.8 Å². The molecule has 0 N–H and O–H groups in total. The Hall–Kier alpha value is -2.03. The highest BCUT2D eigenvalue weighted by molar-refractivity contribution is 6.08. The van der Waals surface area contributed by atoms with Gasteiger partial charge in [0.1, 0.15) is 0 Å². The molecule has 0 unspecified atom stereocenters. The molecule has 0 aliphatic carbocycles. The summed E-state index contributed by atoms with van der Waals surface area (Å²) in [5, 5.41) is 0. The van der Waals surface area contributed by atoms with Crippen molar-refractivity contribution in [2.75, 3.05) is 0 Å². The highest BCUT2D eigenvalue weighted by Crippen LogP contribution is 2.10. The van der Waals surface area contributed by atoms with E-state index in [0.717, 1.165) is 11.3 Å². The van der Waals surface area contributed by atoms with Crippen LogP contribution in [0.25, 0.3) is 0 Å². The number of nitrogens with zero attached hydrogens (tertiary/aromatic N) is 2. The predicted molar refractivity (Wildman–Crippen MR) is 61.4 cm³/mol. The fraction of sp³-hybridized carbons (Fsp3) is 0.154. The lowest BCUT2D eigenvalue weighted by atomic mass is 10.0. The molecule has 2 aromatic heterocycles. The van der Waals surface area contributed by atoms with Gasteiger partial charge < -0.3 is 0 Å². The van der Waals surface area contributed by atoms with Crippen LogP contribution in [0.1, 0.15) is 27.2 Å². The van der Waals surface area contributed by atoms with Crippen molar-refractivity contribution in [1.82, 2.24) is 9.97 Å². The molecule has 0 bridgehead atoms. The van der Waals surface area contributed by atoms with Crippen LogP contribution < -0.4 is 0 Å². The van der Waals surface area contributed by atoms with Crippen LogP contribution in [-0.2, 0) is 0 Å². The molecular formula is C13H12N2O. The molecule has 0 aliphatic rings. The Labute approximate surface area is 94.2 Å². The quantitative estimate of drug-likeness (QED) is 0.717. The Morgan fingerprint density at radius 2 is 1.94 bits per heavy atom. The van der Waals surface area contributed by atoms with Gasteiger partial charge in [0, 0.05) is 35.4 Å². The van der Waals surface area contributed by atoms with Crippen LogP contribution in [0.2, 0.25) is 0 Å². The summed E-state index contributed by atoms with van der Waals surface area (Å²) in [5.74, 6) is -0.0123. The summed E-state index contributed by atoms with van der Waals surface area (Å²) in [6.07, 6.45) is 4.96. The van der Waals surface area contributed by atoms with Crippen LogP contribution in [-0.4, -0.2) is 15.8 Å². The second-order valence-electron chi connectivity index (χ2n) is 3.77. The van der Waals surface area contributed by atoms with Crippen molar-refractivity contribution in [3.63, 3.8) is 0 Å². The first-order chi connectivity index (χ1) is 7.66. The number of rotatable bonds is 2. The molecule has 3 heteroatoms. The highest BCUT2D eigenvalue weighted by Gasteiger charge is 2.09. The maximum absolute atomic E-state index is 12.1. The largest absolute Gasteiger partial charge is 0.289 e. The average Bonchev–Trinajstić information content (AvgIpc) is 2.28. The van der Waals surface area contributed by atoms with Crippen LogP contribution in [0.4, 0.5) is 0 Å². The van der Waals surface area contributed by atoms with Crippen molar-refractivity contribution >= 4 is 5.78 Å². The Bertz CT molecular complexity index is 487. The Balaban J connectivity index is 2.39. The third-order valence-electron chi connectivity index (χ3n) is 2.30. The molecule has 0 atom stereocenters. The number of hydrogen-bond donors (Lipinski definition) is 0. The van der Waals surface area contributed by atoms with Crippen molar-refractivity contribution < 1.29 is 4.79 Å². The lowest BCUT2D eigenvalue weighted by Gasteiger charge is -2.02. The molecular weight excluding hydrogens is 200 g/mol. The van der Waals surface area contributed by atoms with Gasteiger partial charge in [0.25, 0.3) is 0 Å². The first kappa shape index (κ1) is 10.5. The molecule has 0 spiro atoms. The minimum atomic E-state index is -0.0123. The normalized spacial score (nSPS) is 10.1. The maximum atomic E-state index is 12.1. The van der Waals surface area contributed by atoms with Gasteiger partial charge in [-0.2, -0.15) is 0 Å². The predicted octanol–water partition coefficient (Wildman–Crippen LogP) is 2.32. The van der Waals surface area contributed by atoms with Gasteiger partial charge in [0.15, 0.2) is 5.78 Å². The van der Waals surface area contributed by atoms with E-state index in [1.54, 1.807) is 30.7 Å². The van der Waals surface area contributed by atoms with E-state index in [9.17, 15) is 4.79 Å². The molecule has 0 amide bonds. The second kappa shape index (κ2) is 4.23. The molecule has 0 saturated carbocycles. The molecule has 2 aromatic rings. The molecule has 0 radical (unpaired) electrons. The van der Waals surface area contributed by atoms with Gasteiger partial charge in [-0.25, -0.2) is 0 Å². The summed E-state index contributed by atoms with van der Waals surface area (Å²) in [5.41, 5.74) is 3.09. The fourth-order valence-corrected chi connectivity index (χ4v) is 1.53. The summed E-state index contributed by atoms with van der Waals surface area (Å²) < 4.78 is 0. The average molecular weight is 212 g/mol. The van der Waals surface area contributed by atoms with Gasteiger partial charge in [0.2, 0.25) is 0 Å². The van der Waals surface area contributed by atoms with Crippen LogP contribution in [0.5, 0.6) is 0 Å². The van der Waals surface area contributed by atoms with Crippen molar-refractivity contribution in [3.05, 3.63) is 59.2 Å². The molecule has 2 rings (SSSR count). The summed E-state index contributed by atoms with van der Waals surface area (Å²) in [6, 6.07) is 5.34. The lowest BCUT2D eigenvalue weighted by Crippen LogP contribution is -2.03. The smallest absolute Gasteiger partial charge is 0.194 e. The number of aryl methyl sites for hydroxylation is 2. The summed E-state index contributed by atoms with van der Waals surface area (Å²) in [6.45, 7) is 3.78. The first-order valence-corrected chi connectivity index (χ1v) is 5.06. The third kappa shape index (κ3) is 2.14. The van der Waals surface area contributed by atoms with Crippen LogP contribution in [0.15, 0.2) is 36.8 Å². The SMILES string of the molecule is Cc1cncc(C(=O)c2ccnc(C)c2)c1. The van der Waals surface area contributed by atoms with Gasteiger partial charge in [-0.05, 0) is 37.6 Å². The number of hydrogen-bond acceptors (Lipinski definition) is 3. The summed E-state index contributed by atoms with van der Waals surface area (Å²) >= 11 is 0. The van der Waals surface area contributed by atoms with E-state index >= 15 is 0 Å². The van der Waals surface area contributed by atoms with Crippen molar-refractivity contribution in [2.45, 2.75) is 13.8 Å². The van der Waals surface area contributed by atoms with E-state index in [1.165, 1.54) is 0 Å². The molecule has 0 saturated heterocycles. The number of aromatic nitrogens is 2.